The Kier molecular flexibility index (Phi) is 8.01. The maximum absolute atomic E-state index is 13.9. The minimum Gasteiger partial charge on any atom is -0.385 e. The first-order valence-corrected chi connectivity index (χ1v) is 12.8. The van der Waals surface area contributed by atoms with Crippen LogP contribution in [0.2, 0.25) is 0 Å². The van der Waals surface area contributed by atoms with E-state index in [-0.39, 0.29) is 11.5 Å². The van der Waals surface area contributed by atoms with Crippen LogP contribution in [0.3, 0.4) is 0 Å². The van der Waals surface area contributed by atoms with Gasteiger partial charge in [0.05, 0.1) is 22.6 Å². The van der Waals surface area contributed by atoms with Crippen molar-refractivity contribution < 1.29 is 9.53 Å². The zero-order valence-corrected chi connectivity index (χ0v) is 22.6. The van der Waals surface area contributed by atoms with Crippen LogP contribution >= 0.6 is 15.9 Å². The van der Waals surface area contributed by atoms with Gasteiger partial charge in [0.15, 0.2) is 0 Å². The smallest absolute Gasteiger partial charge is 0.266 e. The Balaban J connectivity index is 1.91. The summed E-state index contributed by atoms with van der Waals surface area (Å²) >= 11 is 3.47. The molecule has 0 saturated carbocycles. The molecule has 1 heterocycles. The van der Waals surface area contributed by atoms with Crippen LogP contribution in [0, 0.1) is 13.8 Å². The zero-order chi connectivity index (χ0) is 25.8. The van der Waals surface area contributed by atoms with Gasteiger partial charge >= 0.3 is 0 Å². The summed E-state index contributed by atoms with van der Waals surface area (Å²) in [7, 11) is 1.65. The molecule has 0 N–H and O–H groups in total. The van der Waals surface area contributed by atoms with Crippen LogP contribution in [-0.2, 0) is 4.74 Å². The molecule has 0 aliphatic carbocycles. The summed E-state index contributed by atoms with van der Waals surface area (Å²) in [4.78, 5) is 34.3. The highest BCUT2D eigenvalue weighted by molar-refractivity contribution is 9.10. The van der Waals surface area contributed by atoms with E-state index < -0.39 is 6.04 Å². The second-order valence-corrected chi connectivity index (χ2v) is 9.86. The molecule has 4 rings (SSSR count). The predicted molar refractivity (Wildman–Crippen MR) is 147 cm³/mol. The fourth-order valence-corrected chi connectivity index (χ4v) is 4.90. The van der Waals surface area contributed by atoms with E-state index in [1.165, 1.54) is 0 Å². The van der Waals surface area contributed by atoms with Gasteiger partial charge in [-0.05, 0) is 69.2 Å². The van der Waals surface area contributed by atoms with Crippen molar-refractivity contribution in [2.45, 2.75) is 33.2 Å². The van der Waals surface area contributed by atoms with Gasteiger partial charge in [-0.3, -0.25) is 14.2 Å². The highest BCUT2D eigenvalue weighted by Gasteiger charge is 2.28. The molecule has 0 radical (unpaired) electrons. The standard InChI is InChI=1S/C29H30BrN3O3/c1-19-13-14-26(20(2)17-19)33-27(31-25-12-6-5-11-24(25)29(33)35)21(3)32(15-8-16-36-4)28(34)22-9-7-10-23(30)18-22/h5-7,9-14,17-18,21H,8,15-16H2,1-4H3. The molecular formula is C29H30BrN3O3. The lowest BCUT2D eigenvalue weighted by Crippen LogP contribution is -2.38. The molecule has 6 nitrogen and oxygen atoms in total. The van der Waals surface area contributed by atoms with Crippen LogP contribution in [0.4, 0.5) is 0 Å². The van der Waals surface area contributed by atoms with Crippen molar-refractivity contribution in [1.82, 2.24) is 14.5 Å². The Hall–Kier alpha value is -3.29. The van der Waals surface area contributed by atoms with Gasteiger partial charge in [0.1, 0.15) is 5.82 Å². The lowest BCUT2D eigenvalue weighted by atomic mass is 10.1. The number of hydrogen-bond acceptors (Lipinski definition) is 4. The third kappa shape index (κ3) is 5.27. The first-order chi connectivity index (χ1) is 17.3. The third-order valence-electron chi connectivity index (χ3n) is 6.32. The van der Waals surface area contributed by atoms with E-state index >= 15 is 0 Å². The molecule has 1 atom stereocenters. The SMILES string of the molecule is COCCCN(C(=O)c1cccc(Br)c1)C(C)c1nc2ccccc2c(=O)n1-c1ccc(C)cc1C. The Labute approximate surface area is 219 Å². The van der Waals surface area contributed by atoms with Gasteiger partial charge < -0.3 is 9.64 Å². The third-order valence-corrected chi connectivity index (χ3v) is 6.81. The van der Waals surface area contributed by atoms with E-state index in [0.29, 0.717) is 41.9 Å². The van der Waals surface area contributed by atoms with E-state index in [2.05, 4.69) is 22.0 Å². The number of rotatable bonds is 8. The van der Waals surface area contributed by atoms with Crippen molar-refractivity contribution in [3.05, 3.63) is 104 Å². The molecule has 0 spiro atoms. The summed E-state index contributed by atoms with van der Waals surface area (Å²) in [5.74, 6) is 0.390. The zero-order valence-electron chi connectivity index (χ0n) is 21.0. The molecule has 1 amide bonds. The van der Waals surface area contributed by atoms with Gasteiger partial charge in [-0.25, -0.2) is 4.98 Å². The van der Waals surface area contributed by atoms with Crippen LogP contribution in [0.1, 0.15) is 46.7 Å². The van der Waals surface area contributed by atoms with Crippen LogP contribution < -0.4 is 5.56 Å². The fourth-order valence-electron chi connectivity index (χ4n) is 4.50. The molecule has 36 heavy (non-hydrogen) atoms. The molecular weight excluding hydrogens is 518 g/mol. The van der Waals surface area contributed by atoms with E-state index in [1.807, 2.05) is 69.3 Å². The highest BCUT2D eigenvalue weighted by atomic mass is 79.9. The number of carbonyl (C=O) groups is 1. The molecule has 7 heteroatoms. The lowest BCUT2D eigenvalue weighted by molar-refractivity contribution is 0.0657. The average molecular weight is 548 g/mol. The van der Waals surface area contributed by atoms with Gasteiger partial charge in [0.25, 0.3) is 11.5 Å². The maximum Gasteiger partial charge on any atom is 0.266 e. The Morgan fingerprint density at radius 2 is 1.86 bits per heavy atom. The van der Waals surface area contributed by atoms with Crippen molar-refractivity contribution in [2.24, 2.45) is 0 Å². The number of benzene rings is 3. The number of nitrogens with zero attached hydrogens (tertiary/aromatic N) is 3. The molecule has 1 aromatic heterocycles. The molecule has 1 unspecified atom stereocenters. The Morgan fingerprint density at radius 1 is 1.08 bits per heavy atom. The molecule has 0 saturated heterocycles. The molecule has 3 aromatic carbocycles. The lowest BCUT2D eigenvalue weighted by Gasteiger charge is -2.31. The minimum absolute atomic E-state index is 0.130. The molecule has 0 aliphatic heterocycles. The second-order valence-electron chi connectivity index (χ2n) is 8.95. The molecule has 186 valence electrons. The Bertz CT molecular complexity index is 1460. The summed E-state index contributed by atoms with van der Waals surface area (Å²) < 4.78 is 7.76. The van der Waals surface area contributed by atoms with Crippen LogP contribution in [-0.4, -0.2) is 40.6 Å². The van der Waals surface area contributed by atoms with Gasteiger partial charge in [-0.15, -0.1) is 0 Å². The largest absolute Gasteiger partial charge is 0.385 e. The quantitative estimate of drug-likeness (QED) is 0.253. The number of methoxy groups -OCH3 is 1. The number of para-hydroxylation sites is 1. The highest BCUT2D eigenvalue weighted by Crippen LogP contribution is 2.27. The number of fused-ring (bicyclic) bond motifs is 1. The summed E-state index contributed by atoms with van der Waals surface area (Å²) in [6.07, 6.45) is 0.655. The summed E-state index contributed by atoms with van der Waals surface area (Å²) in [5, 5.41) is 0.540. The summed E-state index contributed by atoms with van der Waals surface area (Å²) in [5.41, 5.74) is 3.86. The van der Waals surface area contributed by atoms with E-state index in [4.69, 9.17) is 9.72 Å². The average Bonchev–Trinajstić information content (AvgIpc) is 2.86. The first-order valence-electron chi connectivity index (χ1n) is 12.0. The normalized spacial score (nSPS) is 12.0. The van der Waals surface area contributed by atoms with Gasteiger partial charge in [0, 0.05) is 30.3 Å². The van der Waals surface area contributed by atoms with Crippen LogP contribution in [0.5, 0.6) is 0 Å². The van der Waals surface area contributed by atoms with Crippen molar-refractivity contribution in [1.29, 1.82) is 0 Å². The second kappa shape index (κ2) is 11.2. The van der Waals surface area contributed by atoms with E-state index in [9.17, 15) is 9.59 Å². The minimum atomic E-state index is -0.480. The number of halogens is 1. The summed E-state index contributed by atoms with van der Waals surface area (Å²) in [6.45, 7) is 6.91. The van der Waals surface area contributed by atoms with Gasteiger partial charge in [-0.2, -0.15) is 0 Å². The molecule has 0 fully saturated rings. The number of amides is 1. The monoisotopic (exact) mass is 547 g/mol. The number of ether oxygens (including phenoxy) is 1. The van der Waals surface area contributed by atoms with Gasteiger partial charge in [0.2, 0.25) is 0 Å². The van der Waals surface area contributed by atoms with E-state index in [1.54, 1.807) is 28.7 Å². The first kappa shape index (κ1) is 25.8. The predicted octanol–water partition coefficient (Wildman–Crippen LogP) is 6.00. The number of hydrogen-bond donors (Lipinski definition) is 0. The number of carbonyl (C=O) groups excluding carboxylic acids is 1. The number of aromatic nitrogens is 2. The van der Waals surface area contributed by atoms with Crippen molar-refractivity contribution in [2.75, 3.05) is 20.3 Å². The Morgan fingerprint density at radius 3 is 2.58 bits per heavy atom. The van der Waals surface area contributed by atoms with Crippen LogP contribution in [0.15, 0.2) is 76.0 Å². The van der Waals surface area contributed by atoms with Crippen LogP contribution in [0.25, 0.3) is 16.6 Å². The van der Waals surface area contributed by atoms with E-state index in [0.717, 1.165) is 21.3 Å². The number of aryl methyl sites for hydroxylation is 2. The maximum atomic E-state index is 13.9. The van der Waals surface area contributed by atoms with Crippen molar-refractivity contribution >= 4 is 32.7 Å². The fraction of sp³-hybridized carbons (Fsp3) is 0.276. The molecule has 4 aromatic rings. The van der Waals surface area contributed by atoms with Crippen molar-refractivity contribution in [3.63, 3.8) is 0 Å². The molecule has 0 aliphatic rings. The summed E-state index contributed by atoms with van der Waals surface area (Å²) in [6, 6.07) is 20.2. The van der Waals surface area contributed by atoms with Gasteiger partial charge in [-0.1, -0.05) is 51.8 Å². The van der Waals surface area contributed by atoms with Crippen molar-refractivity contribution in [3.8, 4) is 5.69 Å². The molecule has 0 bridgehead atoms. The topological polar surface area (TPSA) is 64.4 Å².